The maximum absolute atomic E-state index is 13.4. The highest BCUT2D eigenvalue weighted by Gasteiger charge is 2.15. The smallest absolute Gasteiger partial charge is 0.165 e. The van der Waals surface area contributed by atoms with E-state index in [1.807, 2.05) is 24.6 Å². The van der Waals surface area contributed by atoms with Crippen molar-refractivity contribution in [1.29, 1.82) is 0 Å². The van der Waals surface area contributed by atoms with E-state index in [-0.39, 0.29) is 5.75 Å². The minimum absolute atomic E-state index is 0.140. The van der Waals surface area contributed by atoms with Gasteiger partial charge in [0.2, 0.25) is 0 Å². The van der Waals surface area contributed by atoms with Crippen LogP contribution in [-0.4, -0.2) is 22.0 Å². The van der Waals surface area contributed by atoms with Gasteiger partial charge in [0.05, 0.1) is 18.9 Å². The molecule has 2 aromatic rings. The van der Waals surface area contributed by atoms with Crippen LogP contribution in [0.1, 0.15) is 30.0 Å². The van der Waals surface area contributed by atoms with Crippen molar-refractivity contribution >= 4 is 0 Å². The van der Waals surface area contributed by atoms with Crippen LogP contribution >= 0.6 is 0 Å². The summed E-state index contributed by atoms with van der Waals surface area (Å²) in [6.45, 7) is 4.68. The summed E-state index contributed by atoms with van der Waals surface area (Å²) in [5, 5.41) is 14.6. The molecule has 0 radical (unpaired) electrons. The third-order valence-corrected chi connectivity index (χ3v) is 3.25. The van der Waals surface area contributed by atoms with E-state index in [4.69, 9.17) is 4.74 Å². The zero-order chi connectivity index (χ0) is 14.7. The minimum atomic E-state index is -0.717. The molecule has 1 N–H and O–H groups in total. The Balaban J connectivity index is 2.21. The lowest BCUT2D eigenvalue weighted by atomic mass is 10.0. The molecule has 1 heterocycles. The summed E-state index contributed by atoms with van der Waals surface area (Å²) in [5.74, 6) is -0.292. The van der Waals surface area contributed by atoms with E-state index in [0.29, 0.717) is 12.0 Å². The van der Waals surface area contributed by atoms with E-state index in [9.17, 15) is 9.50 Å². The number of rotatable bonds is 5. The minimum Gasteiger partial charge on any atom is -0.494 e. The molecule has 1 atom stereocenters. The summed E-state index contributed by atoms with van der Waals surface area (Å²) in [6.07, 6.45) is -0.283. The lowest BCUT2D eigenvalue weighted by Gasteiger charge is -2.13. The van der Waals surface area contributed by atoms with Crippen LogP contribution in [0.5, 0.6) is 5.75 Å². The quantitative estimate of drug-likeness (QED) is 0.914. The topological polar surface area (TPSA) is 47.3 Å². The largest absolute Gasteiger partial charge is 0.494 e. The number of aromatic nitrogens is 2. The van der Waals surface area contributed by atoms with Crippen molar-refractivity contribution in [3.05, 3.63) is 47.0 Å². The van der Waals surface area contributed by atoms with Gasteiger partial charge in [0.1, 0.15) is 0 Å². The number of benzene rings is 1. The highest BCUT2D eigenvalue weighted by Crippen LogP contribution is 2.25. The molecule has 5 heteroatoms. The number of aliphatic hydroxyl groups is 1. The third-order valence-electron chi connectivity index (χ3n) is 3.25. The molecular weight excluding hydrogens is 259 g/mol. The van der Waals surface area contributed by atoms with Gasteiger partial charge >= 0.3 is 0 Å². The van der Waals surface area contributed by atoms with E-state index in [1.54, 1.807) is 6.07 Å². The van der Waals surface area contributed by atoms with Gasteiger partial charge in [0.15, 0.2) is 11.6 Å². The Labute approximate surface area is 117 Å². The normalized spacial score (nSPS) is 12.4. The summed E-state index contributed by atoms with van der Waals surface area (Å²) in [6, 6.07) is 6.36. The molecule has 0 aliphatic carbocycles. The second kappa shape index (κ2) is 6.05. The molecule has 0 aliphatic rings. The maximum atomic E-state index is 13.4. The first-order chi connectivity index (χ1) is 9.55. The number of aliphatic hydroxyl groups excluding tert-OH is 1. The molecule has 0 bridgehead atoms. The molecule has 108 valence electrons. The predicted octanol–water partition coefficient (Wildman–Crippen LogP) is 2.64. The molecule has 4 nitrogen and oxygen atoms in total. The number of halogens is 1. The van der Waals surface area contributed by atoms with Gasteiger partial charge in [-0.3, -0.25) is 4.68 Å². The molecular formula is C15H19FN2O2. The lowest BCUT2D eigenvalue weighted by Crippen LogP contribution is -2.08. The molecule has 0 amide bonds. The van der Waals surface area contributed by atoms with Crippen molar-refractivity contribution in [2.75, 3.05) is 7.11 Å². The van der Waals surface area contributed by atoms with E-state index in [2.05, 4.69) is 5.10 Å². The molecule has 1 aromatic carbocycles. The van der Waals surface area contributed by atoms with Crippen LogP contribution in [0.3, 0.4) is 0 Å². The van der Waals surface area contributed by atoms with Gasteiger partial charge < -0.3 is 9.84 Å². The molecule has 0 saturated heterocycles. The van der Waals surface area contributed by atoms with Crippen LogP contribution in [0.2, 0.25) is 0 Å². The van der Waals surface area contributed by atoms with Gasteiger partial charge in [-0.05, 0) is 37.6 Å². The van der Waals surface area contributed by atoms with Crippen LogP contribution in [0.25, 0.3) is 0 Å². The number of hydrogen-bond donors (Lipinski definition) is 1. The van der Waals surface area contributed by atoms with Crippen LogP contribution in [0.4, 0.5) is 4.39 Å². The fourth-order valence-electron chi connectivity index (χ4n) is 2.24. The highest BCUT2D eigenvalue weighted by molar-refractivity contribution is 5.32. The average Bonchev–Trinajstić information content (AvgIpc) is 2.79. The van der Waals surface area contributed by atoms with Crippen LogP contribution in [0, 0.1) is 12.7 Å². The summed E-state index contributed by atoms with van der Waals surface area (Å²) in [4.78, 5) is 0. The van der Waals surface area contributed by atoms with E-state index in [1.165, 1.54) is 19.2 Å². The van der Waals surface area contributed by atoms with Crippen molar-refractivity contribution in [3.63, 3.8) is 0 Å². The summed E-state index contributed by atoms with van der Waals surface area (Å²) < 4.78 is 20.2. The Morgan fingerprint density at radius 1 is 1.40 bits per heavy atom. The molecule has 0 fully saturated rings. The average molecular weight is 278 g/mol. The van der Waals surface area contributed by atoms with Gasteiger partial charge in [-0.25, -0.2) is 4.39 Å². The molecule has 0 spiro atoms. The van der Waals surface area contributed by atoms with Crippen LogP contribution < -0.4 is 4.74 Å². The van der Waals surface area contributed by atoms with Crippen molar-refractivity contribution in [1.82, 2.24) is 9.78 Å². The van der Waals surface area contributed by atoms with Crippen molar-refractivity contribution in [2.24, 2.45) is 0 Å². The molecule has 1 aromatic heterocycles. The van der Waals surface area contributed by atoms with Crippen LogP contribution in [-0.2, 0) is 13.0 Å². The fraction of sp³-hybridized carbons (Fsp3) is 0.400. The first-order valence-electron chi connectivity index (χ1n) is 6.60. The predicted molar refractivity (Wildman–Crippen MR) is 74.3 cm³/mol. The Morgan fingerprint density at radius 2 is 2.15 bits per heavy atom. The Kier molecular flexibility index (Phi) is 4.39. The zero-order valence-electron chi connectivity index (χ0n) is 11.9. The molecule has 2 rings (SSSR count). The molecule has 0 aliphatic heterocycles. The lowest BCUT2D eigenvalue weighted by molar-refractivity contribution is 0.175. The first-order valence-corrected chi connectivity index (χ1v) is 6.60. The summed E-state index contributed by atoms with van der Waals surface area (Å²) in [5.41, 5.74) is 2.51. The summed E-state index contributed by atoms with van der Waals surface area (Å²) >= 11 is 0. The van der Waals surface area contributed by atoms with Crippen molar-refractivity contribution < 1.29 is 14.2 Å². The second-order valence-corrected chi connectivity index (χ2v) is 4.71. The first kappa shape index (κ1) is 14.5. The number of hydrogen-bond acceptors (Lipinski definition) is 3. The number of nitrogens with zero attached hydrogens (tertiary/aromatic N) is 2. The molecule has 0 saturated carbocycles. The Morgan fingerprint density at radius 3 is 2.80 bits per heavy atom. The van der Waals surface area contributed by atoms with Crippen molar-refractivity contribution in [3.8, 4) is 5.75 Å². The highest BCUT2D eigenvalue weighted by atomic mass is 19.1. The molecule has 20 heavy (non-hydrogen) atoms. The SMILES string of the molecule is CCn1nc(C)cc1CC(O)c1ccc(F)c(OC)c1. The summed E-state index contributed by atoms with van der Waals surface area (Å²) in [7, 11) is 1.41. The van der Waals surface area contributed by atoms with Gasteiger partial charge in [-0.2, -0.15) is 5.10 Å². The standard InChI is InChI=1S/C15H19FN2O2/c1-4-18-12(7-10(2)17-18)9-14(19)11-5-6-13(16)15(8-11)20-3/h5-8,14,19H,4,9H2,1-3H3. The van der Waals surface area contributed by atoms with E-state index < -0.39 is 11.9 Å². The van der Waals surface area contributed by atoms with E-state index >= 15 is 0 Å². The van der Waals surface area contributed by atoms with Crippen molar-refractivity contribution in [2.45, 2.75) is 32.9 Å². The third kappa shape index (κ3) is 2.99. The number of aryl methyl sites for hydroxylation is 2. The molecule has 1 unspecified atom stereocenters. The zero-order valence-corrected chi connectivity index (χ0v) is 11.9. The van der Waals surface area contributed by atoms with Gasteiger partial charge in [0, 0.05) is 18.7 Å². The number of methoxy groups -OCH3 is 1. The maximum Gasteiger partial charge on any atom is 0.165 e. The second-order valence-electron chi connectivity index (χ2n) is 4.71. The van der Waals surface area contributed by atoms with Gasteiger partial charge in [-0.1, -0.05) is 6.07 Å². The van der Waals surface area contributed by atoms with Gasteiger partial charge in [-0.15, -0.1) is 0 Å². The Hall–Kier alpha value is -1.88. The van der Waals surface area contributed by atoms with Crippen LogP contribution in [0.15, 0.2) is 24.3 Å². The van der Waals surface area contributed by atoms with Gasteiger partial charge in [0.25, 0.3) is 0 Å². The van der Waals surface area contributed by atoms with E-state index in [0.717, 1.165) is 17.9 Å². The monoisotopic (exact) mass is 278 g/mol. The Bertz CT molecular complexity index is 596. The number of ether oxygens (including phenoxy) is 1. The fourth-order valence-corrected chi connectivity index (χ4v) is 2.24.